The van der Waals surface area contributed by atoms with Gasteiger partial charge in [-0.15, -0.1) is 13.2 Å². The van der Waals surface area contributed by atoms with E-state index in [4.69, 9.17) is 28.9 Å². The summed E-state index contributed by atoms with van der Waals surface area (Å²) in [6.45, 7) is 0. The van der Waals surface area contributed by atoms with Crippen molar-refractivity contribution < 1.29 is 17.9 Å². The van der Waals surface area contributed by atoms with Gasteiger partial charge < -0.3 is 10.5 Å². The fourth-order valence-electron chi connectivity index (χ4n) is 1.82. The summed E-state index contributed by atoms with van der Waals surface area (Å²) in [5, 5.41) is 0.870. The quantitative estimate of drug-likeness (QED) is 0.862. The predicted octanol–water partition coefficient (Wildman–Crippen LogP) is 4.94. The zero-order chi connectivity index (χ0) is 15.6. The molecule has 2 aromatic rings. The first-order valence-electron chi connectivity index (χ1n) is 5.82. The SMILES string of the molecule is N[C@H](c1ccc(OC(F)(F)F)cc1)c1cc(Cl)cc(Cl)c1. The van der Waals surface area contributed by atoms with Crippen LogP contribution in [0.15, 0.2) is 42.5 Å². The molecule has 0 aliphatic carbocycles. The molecule has 1 atom stereocenters. The third-order valence-electron chi connectivity index (χ3n) is 2.72. The Balaban J connectivity index is 2.21. The maximum absolute atomic E-state index is 12.1. The van der Waals surface area contributed by atoms with Crippen LogP contribution in [0.2, 0.25) is 10.0 Å². The second-order valence-electron chi connectivity index (χ2n) is 4.30. The number of rotatable bonds is 3. The van der Waals surface area contributed by atoms with Crippen LogP contribution in [0.4, 0.5) is 13.2 Å². The van der Waals surface area contributed by atoms with Gasteiger partial charge in [0.15, 0.2) is 0 Å². The lowest BCUT2D eigenvalue weighted by atomic mass is 10.00. The van der Waals surface area contributed by atoms with E-state index in [2.05, 4.69) is 4.74 Å². The smallest absolute Gasteiger partial charge is 0.406 e. The number of benzene rings is 2. The molecular weight excluding hydrogens is 326 g/mol. The van der Waals surface area contributed by atoms with Gasteiger partial charge in [-0.05, 0) is 41.5 Å². The molecule has 0 aliphatic heterocycles. The number of hydrogen-bond donors (Lipinski definition) is 1. The Kier molecular flexibility index (Phi) is 4.66. The molecule has 21 heavy (non-hydrogen) atoms. The van der Waals surface area contributed by atoms with Gasteiger partial charge in [0.25, 0.3) is 0 Å². The van der Waals surface area contributed by atoms with Crippen molar-refractivity contribution in [2.75, 3.05) is 0 Å². The highest BCUT2D eigenvalue weighted by atomic mass is 35.5. The summed E-state index contributed by atoms with van der Waals surface area (Å²) in [5.74, 6) is -0.303. The van der Waals surface area contributed by atoms with E-state index in [-0.39, 0.29) is 5.75 Å². The van der Waals surface area contributed by atoms with E-state index in [1.807, 2.05) is 0 Å². The molecule has 7 heteroatoms. The molecule has 2 rings (SSSR count). The van der Waals surface area contributed by atoms with E-state index in [1.165, 1.54) is 24.3 Å². The Morgan fingerprint density at radius 2 is 1.43 bits per heavy atom. The Bertz CT molecular complexity index is 609. The van der Waals surface area contributed by atoms with Crippen LogP contribution in [0, 0.1) is 0 Å². The van der Waals surface area contributed by atoms with Gasteiger partial charge in [-0.1, -0.05) is 35.3 Å². The molecule has 0 unspecified atom stereocenters. The highest BCUT2D eigenvalue weighted by Crippen LogP contribution is 2.28. The molecule has 2 aromatic carbocycles. The van der Waals surface area contributed by atoms with E-state index in [0.29, 0.717) is 21.2 Å². The molecule has 0 saturated heterocycles. The Labute approximate surface area is 129 Å². The van der Waals surface area contributed by atoms with Gasteiger partial charge in [0.2, 0.25) is 0 Å². The number of nitrogens with two attached hydrogens (primary N) is 1. The van der Waals surface area contributed by atoms with Crippen LogP contribution in [-0.2, 0) is 0 Å². The first kappa shape index (κ1) is 15.9. The molecule has 0 spiro atoms. The first-order valence-corrected chi connectivity index (χ1v) is 6.57. The minimum absolute atomic E-state index is 0.303. The van der Waals surface area contributed by atoms with Gasteiger partial charge in [0, 0.05) is 10.0 Å². The van der Waals surface area contributed by atoms with Crippen molar-refractivity contribution >= 4 is 23.2 Å². The van der Waals surface area contributed by atoms with Crippen LogP contribution in [0.3, 0.4) is 0 Å². The maximum Gasteiger partial charge on any atom is 0.573 e. The third kappa shape index (κ3) is 4.52. The maximum atomic E-state index is 12.1. The zero-order valence-electron chi connectivity index (χ0n) is 10.5. The fraction of sp³-hybridized carbons (Fsp3) is 0.143. The number of ether oxygens (including phenoxy) is 1. The summed E-state index contributed by atoms with van der Waals surface area (Å²) in [7, 11) is 0. The van der Waals surface area contributed by atoms with E-state index < -0.39 is 12.4 Å². The molecule has 2 nitrogen and oxygen atoms in total. The van der Waals surface area contributed by atoms with Crippen molar-refractivity contribution in [3.8, 4) is 5.75 Å². The molecule has 0 aromatic heterocycles. The van der Waals surface area contributed by atoms with Gasteiger partial charge in [0.1, 0.15) is 5.75 Å². The summed E-state index contributed by atoms with van der Waals surface area (Å²) in [5.41, 5.74) is 7.33. The topological polar surface area (TPSA) is 35.2 Å². The second-order valence-corrected chi connectivity index (χ2v) is 5.17. The van der Waals surface area contributed by atoms with Crippen LogP contribution in [0.1, 0.15) is 17.2 Å². The standard InChI is InChI=1S/C14H10Cl2F3NO/c15-10-5-9(6-11(16)7-10)13(20)8-1-3-12(4-2-8)21-14(17,18)19/h1-7,13H,20H2/t13-/m1/s1. The first-order chi connectivity index (χ1) is 9.74. The monoisotopic (exact) mass is 335 g/mol. The second kappa shape index (κ2) is 6.13. The lowest BCUT2D eigenvalue weighted by Gasteiger charge is -2.15. The molecular formula is C14H10Cl2F3NO. The highest BCUT2D eigenvalue weighted by molar-refractivity contribution is 6.34. The molecule has 0 radical (unpaired) electrons. The van der Waals surface area contributed by atoms with Crippen molar-refractivity contribution in [1.29, 1.82) is 0 Å². The number of alkyl halides is 3. The van der Waals surface area contributed by atoms with E-state index >= 15 is 0 Å². The molecule has 0 saturated carbocycles. The van der Waals surface area contributed by atoms with Crippen molar-refractivity contribution in [2.45, 2.75) is 12.4 Å². The highest BCUT2D eigenvalue weighted by Gasteiger charge is 2.31. The Hall–Kier alpha value is -1.43. The molecule has 0 fully saturated rings. The number of hydrogen-bond acceptors (Lipinski definition) is 2. The summed E-state index contributed by atoms with van der Waals surface area (Å²) >= 11 is 11.8. The molecule has 0 bridgehead atoms. The lowest BCUT2D eigenvalue weighted by Crippen LogP contribution is -2.17. The lowest BCUT2D eigenvalue weighted by molar-refractivity contribution is -0.274. The molecule has 0 heterocycles. The fourth-order valence-corrected chi connectivity index (χ4v) is 2.37. The van der Waals surface area contributed by atoms with E-state index in [0.717, 1.165) is 0 Å². The predicted molar refractivity (Wildman–Crippen MR) is 75.6 cm³/mol. The van der Waals surface area contributed by atoms with Crippen LogP contribution >= 0.6 is 23.2 Å². The van der Waals surface area contributed by atoms with E-state index in [9.17, 15) is 13.2 Å². The third-order valence-corrected chi connectivity index (χ3v) is 3.15. The molecule has 2 N–H and O–H groups in total. The van der Waals surface area contributed by atoms with Gasteiger partial charge in [-0.3, -0.25) is 0 Å². The minimum Gasteiger partial charge on any atom is -0.406 e. The molecule has 112 valence electrons. The summed E-state index contributed by atoms with van der Waals surface area (Å²) < 4.78 is 40.0. The minimum atomic E-state index is -4.72. The Morgan fingerprint density at radius 3 is 1.90 bits per heavy atom. The summed E-state index contributed by atoms with van der Waals surface area (Å²) in [4.78, 5) is 0. The average Bonchev–Trinajstić information content (AvgIpc) is 2.35. The molecule has 0 aliphatic rings. The Morgan fingerprint density at radius 1 is 0.905 bits per heavy atom. The van der Waals surface area contributed by atoms with Crippen molar-refractivity contribution in [3.05, 3.63) is 63.6 Å². The van der Waals surface area contributed by atoms with Crippen LogP contribution < -0.4 is 10.5 Å². The van der Waals surface area contributed by atoms with Gasteiger partial charge in [-0.25, -0.2) is 0 Å². The van der Waals surface area contributed by atoms with Crippen LogP contribution in [0.5, 0.6) is 5.75 Å². The zero-order valence-corrected chi connectivity index (χ0v) is 12.0. The van der Waals surface area contributed by atoms with E-state index in [1.54, 1.807) is 18.2 Å². The van der Waals surface area contributed by atoms with Gasteiger partial charge in [0.05, 0.1) is 6.04 Å². The summed E-state index contributed by atoms with van der Waals surface area (Å²) in [6, 6.07) is 9.64. The largest absolute Gasteiger partial charge is 0.573 e. The van der Waals surface area contributed by atoms with Crippen molar-refractivity contribution in [2.24, 2.45) is 5.73 Å². The van der Waals surface area contributed by atoms with Crippen molar-refractivity contribution in [3.63, 3.8) is 0 Å². The average molecular weight is 336 g/mol. The number of halogens is 5. The van der Waals surface area contributed by atoms with Gasteiger partial charge in [-0.2, -0.15) is 0 Å². The molecule has 0 amide bonds. The van der Waals surface area contributed by atoms with Gasteiger partial charge >= 0.3 is 6.36 Å². The summed E-state index contributed by atoms with van der Waals surface area (Å²) in [6.07, 6.45) is -4.72. The van der Waals surface area contributed by atoms with Crippen molar-refractivity contribution in [1.82, 2.24) is 0 Å². The van der Waals surface area contributed by atoms with Crippen LogP contribution in [0.25, 0.3) is 0 Å². The van der Waals surface area contributed by atoms with Crippen LogP contribution in [-0.4, -0.2) is 6.36 Å². The normalized spacial score (nSPS) is 13.0.